The van der Waals surface area contributed by atoms with E-state index in [-0.39, 0.29) is 12.5 Å². The lowest BCUT2D eigenvalue weighted by molar-refractivity contribution is -0.00380. The van der Waals surface area contributed by atoms with Crippen LogP contribution in [-0.4, -0.2) is 22.4 Å². The molecule has 2 fully saturated rings. The first-order chi connectivity index (χ1) is 8.36. The Morgan fingerprint density at radius 2 is 2.00 bits per heavy atom. The summed E-state index contributed by atoms with van der Waals surface area (Å²) in [4.78, 5) is 0. The molecule has 2 heteroatoms. The van der Waals surface area contributed by atoms with E-state index in [1.54, 1.807) is 0 Å². The third-order valence-corrected chi connectivity index (χ3v) is 5.26. The van der Waals surface area contributed by atoms with Gasteiger partial charge in [0.1, 0.15) is 0 Å². The fraction of sp³-hybridized carbons (Fsp3) is 0.875. The van der Waals surface area contributed by atoms with Gasteiger partial charge in [0.2, 0.25) is 0 Å². The molecule has 0 heterocycles. The van der Waals surface area contributed by atoms with Crippen molar-refractivity contribution in [2.24, 2.45) is 23.2 Å². The molecule has 0 radical (unpaired) electrons. The Bertz CT molecular complexity index is 321. The Balaban J connectivity index is 2.01. The fourth-order valence-corrected chi connectivity index (χ4v) is 3.97. The largest absolute Gasteiger partial charge is 0.396 e. The first-order valence-electron chi connectivity index (χ1n) is 7.39. The number of aliphatic hydroxyl groups is 2. The molecule has 2 N–H and O–H groups in total. The topological polar surface area (TPSA) is 40.5 Å². The molecule has 104 valence electrons. The highest BCUT2D eigenvalue weighted by Gasteiger charge is 2.47. The minimum Gasteiger partial charge on any atom is -0.396 e. The molecule has 2 aliphatic carbocycles. The van der Waals surface area contributed by atoms with Crippen LogP contribution in [0.25, 0.3) is 0 Å². The van der Waals surface area contributed by atoms with Crippen molar-refractivity contribution < 1.29 is 10.2 Å². The molecule has 0 amide bonds. The first-order valence-corrected chi connectivity index (χ1v) is 7.39. The maximum absolute atomic E-state index is 10.7. The van der Waals surface area contributed by atoms with Crippen LogP contribution in [0.4, 0.5) is 0 Å². The average Bonchev–Trinajstić information content (AvgIpc) is 2.61. The van der Waals surface area contributed by atoms with E-state index >= 15 is 0 Å². The van der Waals surface area contributed by atoms with Crippen molar-refractivity contribution in [3.05, 3.63) is 12.2 Å². The van der Waals surface area contributed by atoms with Gasteiger partial charge >= 0.3 is 0 Å². The summed E-state index contributed by atoms with van der Waals surface area (Å²) in [6.45, 7) is 6.90. The normalized spacial score (nSPS) is 40.9. The van der Waals surface area contributed by atoms with Crippen molar-refractivity contribution in [2.75, 3.05) is 6.61 Å². The second-order valence-corrected chi connectivity index (χ2v) is 7.26. The van der Waals surface area contributed by atoms with Gasteiger partial charge in [-0.2, -0.15) is 0 Å². The standard InChI is InChI=1S/C16H28O2/c1-12(11-17)4-8-16(18)9-6-14-13(10-16)5-7-15(14,2)3/h4,8,12-14,17-18H,5-7,9-11H2,1-3H3/b8-4+. The zero-order valence-corrected chi connectivity index (χ0v) is 12.0. The van der Waals surface area contributed by atoms with Gasteiger partial charge in [0.05, 0.1) is 5.60 Å². The van der Waals surface area contributed by atoms with E-state index in [1.807, 2.05) is 19.1 Å². The van der Waals surface area contributed by atoms with Crippen LogP contribution in [0.2, 0.25) is 0 Å². The number of rotatable bonds is 3. The van der Waals surface area contributed by atoms with Gasteiger partial charge in [-0.1, -0.05) is 32.9 Å². The number of hydrogen-bond donors (Lipinski definition) is 2. The minimum absolute atomic E-state index is 0.145. The number of hydrogen-bond acceptors (Lipinski definition) is 2. The van der Waals surface area contributed by atoms with Gasteiger partial charge in [0.25, 0.3) is 0 Å². The van der Waals surface area contributed by atoms with Gasteiger partial charge in [0.15, 0.2) is 0 Å². The van der Waals surface area contributed by atoms with E-state index < -0.39 is 5.60 Å². The van der Waals surface area contributed by atoms with Gasteiger partial charge < -0.3 is 10.2 Å². The van der Waals surface area contributed by atoms with Crippen molar-refractivity contribution in [3.63, 3.8) is 0 Å². The van der Waals surface area contributed by atoms with Crippen molar-refractivity contribution in [1.29, 1.82) is 0 Å². The molecule has 0 bridgehead atoms. The number of aliphatic hydroxyl groups excluding tert-OH is 1. The van der Waals surface area contributed by atoms with Crippen LogP contribution in [-0.2, 0) is 0 Å². The molecule has 2 aliphatic rings. The number of fused-ring (bicyclic) bond motifs is 1. The molecule has 2 rings (SSSR count). The monoisotopic (exact) mass is 252 g/mol. The second kappa shape index (κ2) is 4.97. The van der Waals surface area contributed by atoms with Crippen molar-refractivity contribution in [2.45, 2.75) is 58.5 Å². The molecule has 4 unspecified atom stereocenters. The fourth-order valence-electron chi connectivity index (χ4n) is 3.97. The van der Waals surface area contributed by atoms with E-state index in [0.29, 0.717) is 11.3 Å². The summed E-state index contributed by atoms with van der Waals surface area (Å²) < 4.78 is 0. The Morgan fingerprint density at radius 1 is 1.28 bits per heavy atom. The molecule has 0 aromatic carbocycles. The molecule has 2 saturated carbocycles. The smallest absolute Gasteiger partial charge is 0.0830 e. The van der Waals surface area contributed by atoms with Crippen LogP contribution in [0.15, 0.2) is 12.2 Å². The molecule has 0 spiro atoms. The summed E-state index contributed by atoms with van der Waals surface area (Å²) in [5, 5.41) is 19.7. The van der Waals surface area contributed by atoms with E-state index in [4.69, 9.17) is 5.11 Å². The summed E-state index contributed by atoms with van der Waals surface area (Å²) in [5.41, 5.74) is -0.154. The zero-order chi connectivity index (χ0) is 13.4. The molecular weight excluding hydrogens is 224 g/mol. The van der Waals surface area contributed by atoms with Crippen molar-refractivity contribution >= 4 is 0 Å². The first kappa shape index (κ1) is 14.1. The van der Waals surface area contributed by atoms with Gasteiger partial charge in [0, 0.05) is 6.61 Å². The SMILES string of the molecule is CC(/C=C/C1(O)CCC2C(CCC2(C)C)C1)CO. The average molecular weight is 252 g/mol. The summed E-state index contributed by atoms with van der Waals surface area (Å²) in [6, 6.07) is 0. The van der Waals surface area contributed by atoms with E-state index in [1.165, 1.54) is 12.8 Å². The van der Waals surface area contributed by atoms with Gasteiger partial charge in [-0.25, -0.2) is 0 Å². The molecule has 4 atom stereocenters. The Morgan fingerprint density at radius 3 is 2.67 bits per heavy atom. The predicted octanol–water partition coefficient (Wildman–Crippen LogP) is 3.14. The molecular formula is C16H28O2. The van der Waals surface area contributed by atoms with Crippen molar-refractivity contribution in [1.82, 2.24) is 0 Å². The zero-order valence-electron chi connectivity index (χ0n) is 12.0. The molecule has 0 aromatic heterocycles. The predicted molar refractivity (Wildman–Crippen MR) is 74.2 cm³/mol. The summed E-state index contributed by atoms with van der Waals surface area (Å²) in [5.74, 6) is 1.63. The van der Waals surface area contributed by atoms with Crippen LogP contribution in [0.1, 0.15) is 52.9 Å². The Kier molecular flexibility index (Phi) is 3.89. The van der Waals surface area contributed by atoms with E-state index in [9.17, 15) is 5.11 Å². The van der Waals surface area contributed by atoms with Crippen molar-refractivity contribution in [3.8, 4) is 0 Å². The maximum atomic E-state index is 10.7. The summed E-state index contributed by atoms with van der Waals surface area (Å²) in [7, 11) is 0. The lowest BCUT2D eigenvalue weighted by Gasteiger charge is -2.41. The van der Waals surface area contributed by atoms with Crippen LogP contribution < -0.4 is 0 Å². The Hall–Kier alpha value is -0.340. The summed E-state index contributed by atoms with van der Waals surface area (Å²) in [6.07, 6.45) is 9.43. The van der Waals surface area contributed by atoms with Crippen LogP contribution in [0.5, 0.6) is 0 Å². The highest BCUT2D eigenvalue weighted by atomic mass is 16.3. The maximum Gasteiger partial charge on any atom is 0.0830 e. The lowest BCUT2D eigenvalue weighted by atomic mass is 9.67. The molecule has 18 heavy (non-hydrogen) atoms. The highest BCUT2D eigenvalue weighted by Crippen LogP contribution is 2.55. The quantitative estimate of drug-likeness (QED) is 0.758. The summed E-state index contributed by atoms with van der Waals surface area (Å²) >= 11 is 0. The molecule has 0 aromatic rings. The van der Waals surface area contributed by atoms with Gasteiger partial charge in [-0.15, -0.1) is 0 Å². The third kappa shape index (κ3) is 2.80. The van der Waals surface area contributed by atoms with Crippen LogP contribution in [0, 0.1) is 23.2 Å². The highest BCUT2D eigenvalue weighted by molar-refractivity contribution is 5.09. The van der Waals surface area contributed by atoms with Gasteiger partial charge in [-0.05, 0) is 55.3 Å². The molecule has 2 nitrogen and oxygen atoms in total. The molecule has 0 aliphatic heterocycles. The van der Waals surface area contributed by atoms with Crippen LogP contribution >= 0.6 is 0 Å². The van der Waals surface area contributed by atoms with Crippen LogP contribution in [0.3, 0.4) is 0 Å². The minimum atomic E-state index is -0.620. The Labute approximate surface area is 111 Å². The second-order valence-electron chi connectivity index (χ2n) is 7.26. The van der Waals surface area contributed by atoms with E-state index in [0.717, 1.165) is 25.2 Å². The molecule has 0 saturated heterocycles. The van der Waals surface area contributed by atoms with Gasteiger partial charge in [-0.3, -0.25) is 0 Å². The van der Waals surface area contributed by atoms with E-state index in [2.05, 4.69) is 13.8 Å². The lowest BCUT2D eigenvalue weighted by Crippen LogP contribution is -2.38. The third-order valence-electron chi connectivity index (χ3n) is 5.26.